The first kappa shape index (κ1) is 31.4. The number of carbonyl (C=O) groups is 2. The number of primary amides is 1. The van der Waals surface area contributed by atoms with E-state index in [-0.39, 0.29) is 28.5 Å². The zero-order chi connectivity index (χ0) is 31.9. The van der Waals surface area contributed by atoms with E-state index in [1.807, 2.05) is 6.07 Å². The molecule has 0 radical (unpaired) electrons. The first-order valence-corrected chi connectivity index (χ1v) is 15.2. The summed E-state index contributed by atoms with van der Waals surface area (Å²) >= 11 is 0. The van der Waals surface area contributed by atoms with Crippen molar-refractivity contribution >= 4 is 27.5 Å². The standard InChI is InChI=1S/C29H26F6N4O4S/c30-19-12-16(28(36)40)7-9-20(19)38(14-18-8-6-17(13-37-18)15-4-2-1-3-5-15)29(41)21-10-11-39(21)44(42,43)27-25(34)23(32)22(31)24(33)26(27)35/h6-9,12-13,15,21H,1-5,10-11,14H2,(H2,36,40)/t21-/m1/s1. The average molecular weight is 641 g/mol. The van der Waals surface area contributed by atoms with Crippen LogP contribution >= 0.6 is 0 Å². The van der Waals surface area contributed by atoms with Gasteiger partial charge in [-0.15, -0.1) is 0 Å². The Morgan fingerprint density at radius 2 is 1.52 bits per heavy atom. The fourth-order valence-electron chi connectivity index (χ4n) is 5.54. The molecule has 3 aromatic rings. The Labute approximate surface area is 248 Å². The molecule has 1 aliphatic carbocycles. The summed E-state index contributed by atoms with van der Waals surface area (Å²) in [6.07, 6.45) is 6.75. The maximum Gasteiger partial charge on any atom is 0.249 e. The highest BCUT2D eigenvalue weighted by molar-refractivity contribution is 7.89. The molecule has 0 spiro atoms. The molecule has 2 fully saturated rings. The summed E-state index contributed by atoms with van der Waals surface area (Å²) < 4.78 is 112. The third-order valence-electron chi connectivity index (χ3n) is 8.03. The maximum atomic E-state index is 15.3. The van der Waals surface area contributed by atoms with Crippen LogP contribution in [0.15, 0.2) is 41.4 Å². The lowest BCUT2D eigenvalue weighted by atomic mass is 9.85. The number of nitrogens with zero attached hydrogens (tertiary/aromatic N) is 3. The summed E-state index contributed by atoms with van der Waals surface area (Å²) in [5, 5.41) is 0. The second-order valence-electron chi connectivity index (χ2n) is 10.7. The molecule has 15 heteroatoms. The molecule has 1 aliphatic heterocycles. The van der Waals surface area contributed by atoms with E-state index in [1.165, 1.54) is 0 Å². The van der Waals surface area contributed by atoms with Gasteiger partial charge in [-0.2, -0.15) is 4.31 Å². The molecule has 1 aromatic heterocycles. The van der Waals surface area contributed by atoms with Crippen LogP contribution in [-0.4, -0.2) is 42.1 Å². The number of nitrogens with two attached hydrogens (primary N) is 1. The van der Waals surface area contributed by atoms with Gasteiger partial charge in [-0.1, -0.05) is 25.3 Å². The number of benzene rings is 2. The number of amides is 2. The third-order valence-corrected chi connectivity index (χ3v) is 9.95. The van der Waals surface area contributed by atoms with Gasteiger partial charge in [-0.3, -0.25) is 14.6 Å². The Morgan fingerprint density at radius 1 is 0.886 bits per heavy atom. The predicted molar refractivity (Wildman–Crippen MR) is 145 cm³/mol. The van der Waals surface area contributed by atoms with E-state index in [4.69, 9.17) is 5.73 Å². The fraction of sp³-hybridized carbons (Fsp3) is 0.345. The number of hydrogen-bond donors (Lipinski definition) is 1. The molecular weight excluding hydrogens is 614 g/mol. The fourth-order valence-corrected chi connectivity index (χ4v) is 7.28. The van der Waals surface area contributed by atoms with E-state index in [2.05, 4.69) is 4.98 Å². The lowest BCUT2D eigenvalue weighted by Gasteiger charge is -2.41. The number of hydrogen-bond acceptors (Lipinski definition) is 5. The Kier molecular flexibility index (Phi) is 8.71. The second kappa shape index (κ2) is 12.2. The van der Waals surface area contributed by atoms with Crippen LogP contribution in [-0.2, 0) is 21.4 Å². The Morgan fingerprint density at radius 3 is 2.05 bits per heavy atom. The Bertz CT molecular complexity index is 1700. The van der Waals surface area contributed by atoms with Crippen LogP contribution in [0.4, 0.5) is 32.0 Å². The van der Waals surface area contributed by atoms with E-state index in [0.29, 0.717) is 5.92 Å². The van der Waals surface area contributed by atoms with Crippen molar-refractivity contribution in [3.05, 3.63) is 88.3 Å². The van der Waals surface area contributed by atoms with Crippen LogP contribution < -0.4 is 10.6 Å². The van der Waals surface area contributed by atoms with Gasteiger partial charge in [0.25, 0.3) is 0 Å². The second-order valence-corrected chi connectivity index (χ2v) is 12.5. The van der Waals surface area contributed by atoms with Gasteiger partial charge >= 0.3 is 0 Å². The summed E-state index contributed by atoms with van der Waals surface area (Å²) in [7, 11) is -5.44. The minimum absolute atomic E-state index is 0.209. The monoisotopic (exact) mass is 640 g/mol. The molecule has 8 nitrogen and oxygen atoms in total. The largest absolute Gasteiger partial charge is 0.366 e. The van der Waals surface area contributed by atoms with Gasteiger partial charge in [-0.05, 0) is 55.0 Å². The van der Waals surface area contributed by atoms with Gasteiger partial charge in [0.05, 0.1) is 17.9 Å². The normalized spacial score (nSPS) is 17.7. The summed E-state index contributed by atoms with van der Waals surface area (Å²) in [6.45, 7) is -0.882. The van der Waals surface area contributed by atoms with Gasteiger partial charge < -0.3 is 10.6 Å². The molecule has 0 unspecified atom stereocenters. The predicted octanol–water partition coefficient (Wildman–Crippen LogP) is 5.06. The van der Waals surface area contributed by atoms with Crippen molar-refractivity contribution in [2.24, 2.45) is 5.73 Å². The third kappa shape index (κ3) is 5.65. The van der Waals surface area contributed by atoms with Gasteiger partial charge in [0.2, 0.25) is 27.7 Å². The van der Waals surface area contributed by atoms with E-state index in [0.717, 1.165) is 60.8 Å². The smallest absolute Gasteiger partial charge is 0.249 e. The van der Waals surface area contributed by atoms with Crippen molar-refractivity contribution in [1.29, 1.82) is 0 Å². The average Bonchev–Trinajstić information content (AvgIpc) is 2.97. The highest BCUT2D eigenvalue weighted by Gasteiger charge is 2.48. The van der Waals surface area contributed by atoms with Crippen molar-refractivity contribution < 1.29 is 44.3 Å². The molecule has 0 bridgehead atoms. The van der Waals surface area contributed by atoms with Crippen LogP contribution in [0.25, 0.3) is 0 Å². The van der Waals surface area contributed by atoms with E-state index in [1.54, 1.807) is 12.3 Å². The Hall–Kier alpha value is -3.98. The van der Waals surface area contributed by atoms with Crippen LogP contribution in [0.5, 0.6) is 0 Å². The molecule has 234 valence electrons. The van der Waals surface area contributed by atoms with Crippen molar-refractivity contribution in [3.63, 3.8) is 0 Å². The number of halogens is 6. The van der Waals surface area contributed by atoms with Crippen LogP contribution in [0.1, 0.15) is 66.1 Å². The molecule has 1 saturated carbocycles. The van der Waals surface area contributed by atoms with Gasteiger partial charge in [0.1, 0.15) is 11.9 Å². The number of sulfonamides is 1. The molecule has 2 aliphatic rings. The van der Waals surface area contributed by atoms with Gasteiger partial charge in [0, 0.05) is 18.3 Å². The number of aromatic nitrogens is 1. The summed E-state index contributed by atoms with van der Waals surface area (Å²) in [4.78, 5) is 28.5. The highest BCUT2D eigenvalue weighted by Crippen LogP contribution is 2.36. The molecule has 5 rings (SSSR count). The van der Waals surface area contributed by atoms with Crippen LogP contribution in [0, 0.1) is 34.9 Å². The van der Waals surface area contributed by atoms with Crippen molar-refractivity contribution in [2.75, 3.05) is 11.4 Å². The van der Waals surface area contributed by atoms with Gasteiger partial charge in [0.15, 0.2) is 28.2 Å². The minimum Gasteiger partial charge on any atom is -0.366 e. The van der Waals surface area contributed by atoms with Crippen LogP contribution in [0.2, 0.25) is 0 Å². The first-order chi connectivity index (χ1) is 20.8. The molecule has 2 amide bonds. The summed E-state index contributed by atoms with van der Waals surface area (Å²) in [5.41, 5.74) is 5.88. The van der Waals surface area contributed by atoms with Crippen molar-refractivity contribution in [1.82, 2.24) is 9.29 Å². The van der Waals surface area contributed by atoms with Gasteiger partial charge in [-0.25, -0.2) is 34.8 Å². The number of rotatable bonds is 8. The molecule has 2 N–H and O–H groups in total. The summed E-state index contributed by atoms with van der Waals surface area (Å²) in [5.74, 6) is -15.4. The zero-order valence-corrected chi connectivity index (χ0v) is 23.8. The lowest BCUT2D eigenvalue weighted by Crippen LogP contribution is -2.59. The van der Waals surface area contributed by atoms with Crippen LogP contribution in [0.3, 0.4) is 0 Å². The molecular formula is C29H26F6N4O4S. The lowest BCUT2D eigenvalue weighted by molar-refractivity contribution is -0.125. The quantitative estimate of drug-likeness (QED) is 0.210. The number of pyridine rings is 1. The highest BCUT2D eigenvalue weighted by atomic mass is 32.2. The van der Waals surface area contributed by atoms with E-state index in [9.17, 15) is 40.0 Å². The Balaban J connectivity index is 1.49. The van der Waals surface area contributed by atoms with Crippen molar-refractivity contribution in [3.8, 4) is 0 Å². The topological polar surface area (TPSA) is 114 Å². The molecule has 1 saturated heterocycles. The van der Waals surface area contributed by atoms with E-state index < -0.39 is 79.9 Å². The maximum absolute atomic E-state index is 15.3. The van der Waals surface area contributed by atoms with E-state index >= 15 is 4.39 Å². The first-order valence-electron chi connectivity index (χ1n) is 13.7. The zero-order valence-electron chi connectivity index (χ0n) is 23.0. The SMILES string of the molecule is NC(=O)c1ccc(N(Cc2ccc(C3CCCCC3)cn2)C(=O)[C@H]2CCN2S(=O)(=O)c2c(F)c(F)c(F)c(F)c2F)c(F)c1. The number of anilines is 1. The number of carbonyl (C=O) groups excluding carboxylic acids is 2. The summed E-state index contributed by atoms with van der Waals surface area (Å²) in [6, 6.07) is 4.77. The molecule has 1 atom stereocenters. The van der Waals surface area contributed by atoms with Crippen molar-refractivity contribution in [2.45, 2.75) is 61.9 Å². The molecule has 2 aromatic carbocycles. The minimum atomic E-state index is -5.44. The molecule has 2 heterocycles. The molecule has 44 heavy (non-hydrogen) atoms.